The number of benzene rings is 4. The largest absolute Gasteiger partial charge is 0.496 e. The summed E-state index contributed by atoms with van der Waals surface area (Å²) < 4.78 is 28.0. The van der Waals surface area contributed by atoms with Gasteiger partial charge in [-0.05, 0) is 84.5 Å². The number of hydrogen-bond acceptors (Lipinski definition) is 8. The van der Waals surface area contributed by atoms with Crippen molar-refractivity contribution in [3.63, 3.8) is 0 Å². The third-order valence-electron chi connectivity index (χ3n) is 8.56. The van der Waals surface area contributed by atoms with Gasteiger partial charge in [-0.25, -0.2) is 9.59 Å². The highest BCUT2D eigenvalue weighted by Crippen LogP contribution is 2.30. The van der Waals surface area contributed by atoms with Gasteiger partial charge in [-0.1, -0.05) is 81.6 Å². The highest BCUT2D eigenvalue weighted by molar-refractivity contribution is 6.10. The van der Waals surface area contributed by atoms with Crippen LogP contribution in [0.4, 0.5) is 0 Å². The van der Waals surface area contributed by atoms with Gasteiger partial charge in [0, 0.05) is 39.7 Å². The van der Waals surface area contributed by atoms with Crippen molar-refractivity contribution in [2.75, 3.05) is 33.5 Å². The zero-order valence-electron chi connectivity index (χ0n) is 31.7. The van der Waals surface area contributed by atoms with Crippen molar-refractivity contribution in [2.24, 2.45) is 11.8 Å². The van der Waals surface area contributed by atoms with Gasteiger partial charge < -0.3 is 23.7 Å². The summed E-state index contributed by atoms with van der Waals surface area (Å²) in [7, 11) is 1.62. The monoisotopic (exact) mass is 718 g/mol. The number of carbonyl (C=O) groups is 3. The predicted octanol–water partition coefficient (Wildman–Crippen LogP) is 9.11. The lowest BCUT2D eigenvalue weighted by Crippen LogP contribution is -2.16. The van der Waals surface area contributed by atoms with Gasteiger partial charge in [0.25, 0.3) is 0 Å². The number of methoxy groups -OCH3 is 1. The minimum atomic E-state index is -0.411. The van der Waals surface area contributed by atoms with Crippen molar-refractivity contribution in [3.05, 3.63) is 137 Å². The maximum absolute atomic E-state index is 13.8. The number of rotatable bonds is 19. The molecule has 0 fully saturated rings. The molecule has 4 rings (SSSR count). The van der Waals surface area contributed by atoms with E-state index in [-0.39, 0.29) is 30.8 Å². The van der Waals surface area contributed by atoms with Crippen molar-refractivity contribution in [3.8, 4) is 28.0 Å². The molecule has 0 bridgehead atoms. The highest BCUT2D eigenvalue weighted by Gasteiger charge is 2.15. The van der Waals surface area contributed by atoms with E-state index in [1.807, 2.05) is 93.6 Å². The smallest absolute Gasteiger partial charge is 0.333 e. The molecular formula is C45H50O8. The van der Waals surface area contributed by atoms with Gasteiger partial charge in [-0.2, -0.15) is 0 Å². The van der Waals surface area contributed by atoms with Gasteiger partial charge in [0.05, 0.1) is 46.8 Å². The molecule has 4 aromatic carbocycles. The van der Waals surface area contributed by atoms with Crippen LogP contribution in [0.15, 0.2) is 109 Å². The molecule has 4 aromatic rings. The normalized spacial score (nSPS) is 12.0. The third kappa shape index (κ3) is 11.9. The number of carbonyl (C=O) groups excluding carboxylic acids is 3. The molecule has 2 atom stereocenters. The maximum atomic E-state index is 13.8. The molecular weight excluding hydrogens is 668 g/mol. The molecule has 0 aliphatic heterocycles. The van der Waals surface area contributed by atoms with Crippen LogP contribution in [0.3, 0.4) is 0 Å². The summed E-state index contributed by atoms with van der Waals surface area (Å²) >= 11 is 0. The van der Waals surface area contributed by atoms with E-state index in [2.05, 4.69) is 25.3 Å². The van der Waals surface area contributed by atoms with Crippen LogP contribution in [0.25, 0.3) is 22.3 Å². The molecule has 8 heteroatoms. The fourth-order valence-corrected chi connectivity index (χ4v) is 5.44. The summed E-state index contributed by atoms with van der Waals surface area (Å²) in [6.45, 7) is 18.5. The molecule has 0 aliphatic rings. The molecule has 0 saturated heterocycles. The van der Waals surface area contributed by atoms with Gasteiger partial charge >= 0.3 is 11.9 Å². The van der Waals surface area contributed by atoms with Crippen LogP contribution in [0.2, 0.25) is 0 Å². The van der Waals surface area contributed by atoms with E-state index in [9.17, 15) is 14.4 Å². The summed E-state index contributed by atoms with van der Waals surface area (Å²) in [4.78, 5) is 37.2. The quantitative estimate of drug-likeness (QED) is 0.0538. The lowest BCUT2D eigenvalue weighted by atomic mass is 9.94. The Morgan fingerprint density at radius 3 is 1.55 bits per heavy atom. The second kappa shape index (κ2) is 19.5. The lowest BCUT2D eigenvalue weighted by Gasteiger charge is -2.15. The molecule has 0 heterocycles. The van der Waals surface area contributed by atoms with Crippen LogP contribution >= 0.6 is 0 Å². The Hall–Kier alpha value is -5.31. The molecule has 0 amide bonds. The number of hydrogen-bond donors (Lipinski definition) is 0. The molecule has 0 aliphatic carbocycles. The molecule has 0 radical (unpaired) electrons. The summed E-state index contributed by atoms with van der Waals surface area (Å²) in [6.07, 6.45) is 0. The summed E-state index contributed by atoms with van der Waals surface area (Å²) in [6, 6.07) is 27.3. The minimum absolute atomic E-state index is 0.00226. The standard InChI is InChI=1S/C45H50O8/c1-29(2)44(47)52-25-31(5)23-50-27-40-21-36(16-15-33(40)7)34-11-9-13-38(19-34)43(46)39-14-10-12-35(20-39)37-17-18-42(49-8)41(22-37)28-51-24-32(6)26-53-45(48)30(3)4/h9-22,31-32H,1,3,23-28H2,2,4-8H3. The topological polar surface area (TPSA) is 97.4 Å². The van der Waals surface area contributed by atoms with Crippen LogP contribution in [-0.2, 0) is 41.8 Å². The minimum Gasteiger partial charge on any atom is -0.496 e. The summed E-state index contributed by atoms with van der Waals surface area (Å²) in [5.41, 5.74) is 8.63. The first-order valence-corrected chi connectivity index (χ1v) is 17.7. The van der Waals surface area contributed by atoms with Crippen LogP contribution in [-0.4, -0.2) is 51.3 Å². The Labute approximate surface area is 313 Å². The van der Waals surface area contributed by atoms with E-state index in [1.54, 1.807) is 21.0 Å². The molecule has 0 aromatic heterocycles. The van der Waals surface area contributed by atoms with E-state index in [0.29, 0.717) is 54.5 Å². The number of esters is 2. The van der Waals surface area contributed by atoms with Crippen molar-refractivity contribution in [1.29, 1.82) is 0 Å². The highest BCUT2D eigenvalue weighted by atomic mass is 16.5. The van der Waals surface area contributed by atoms with Crippen LogP contribution in [0.1, 0.15) is 60.3 Å². The van der Waals surface area contributed by atoms with Gasteiger partial charge in [0.15, 0.2) is 5.78 Å². The van der Waals surface area contributed by atoms with Crippen molar-refractivity contribution in [1.82, 2.24) is 0 Å². The van der Waals surface area contributed by atoms with Crippen molar-refractivity contribution >= 4 is 17.7 Å². The molecule has 278 valence electrons. The van der Waals surface area contributed by atoms with Gasteiger partial charge in [0.1, 0.15) is 5.75 Å². The first-order valence-electron chi connectivity index (χ1n) is 17.7. The molecule has 0 spiro atoms. The molecule has 8 nitrogen and oxygen atoms in total. The number of ether oxygens (including phenoxy) is 5. The summed E-state index contributed by atoms with van der Waals surface area (Å²) in [5, 5.41) is 0. The van der Waals surface area contributed by atoms with Crippen LogP contribution in [0, 0.1) is 18.8 Å². The van der Waals surface area contributed by atoms with Gasteiger partial charge in [0.2, 0.25) is 0 Å². The molecule has 2 unspecified atom stereocenters. The second-order valence-electron chi connectivity index (χ2n) is 13.7. The van der Waals surface area contributed by atoms with E-state index < -0.39 is 11.9 Å². The van der Waals surface area contributed by atoms with E-state index in [1.165, 1.54) is 0 Å². The average Bonchev–Trinajstić information content (AvgIpc) is 3.16. The predicted molar refractivity (Wildman–Crippen MR) is 208 cm³/mol. The van der Waals surface area contributed by atoms with Gasteiger partial charge in [-0.15, -0.1) is 0 Å². The van der Waals surface area contributed by atoms with Crippen molar-refractivity contribution < 1.29 is 38.1 Å². The SMILES string of the molecule is C=C(C)C(=O)OCC(C)COCc1cc(-c2cccc(C(=O)c3cccc(-c4ccc(OC)c(COCC(C)COC(=O)C(=C)C)c4)c3)c2)ccc1C. The van der Waals surface area contributed by atoms with Crippen molar-refractivity contribution in [2.45, 2.75) is 47.8 Å². The fraction of sp³-hybridized carbons (Fsp3) is 0.311. The first-order chi connectivity index (χ1) is 25.4. The fourth-order valence-electron chi connectivity index (χ4n) is 5.44. The number of aryl methyl sites for hydroxylation is 1. The summed E-state index contributed by atoms with van der Waals surface area (Å²) in [5.74, 6) is -0.152. The average molecular weight is 719 g/mol. The molecule has 0 N–H and O–H groups in total. The first kappa shape index (κ1) is 40.5. The van der Waals surface area contributed by atoms with Crippen LogP contribution < -0.4 is 4.74 Å². The Balaban J connectivity index is 1.43. The van der Waals surface area contributed by atoms with E-state index >= 15 is 0 Å². The number of ketones is 1. The Morgan fingerprint density at radius 1 is 0.604 bits per heavy atom. The lowest BCUT2D eigenvalue weighted by molar-refractivity contribution is -0.141. The molecule has 53 heavy (non-hydrogen) atoms. The zero-order chi connectivity index (χ0) is 38.5. The molecule has 0 saturated carbocycles. The van der Waals surface area contributed by atoms with Crippen LogP contribution in [0.5, 0.6) is 5.75 Å². The zero-order valence-corrected chi connectivity index (χ0v) is 31.7. The second-order valence-corrected chi connectivity index (χ2v) is 13.7. The van der Waals surface area contributed by atoms with Gasteiger partial charge in [-0.3, -0.25) is 4.79 Å². The Morgan fingerprint density at radius 2 is 1.06 bits per heavy atom. The van der Waals surface area contributed by atoms with E-state index in [4.69, 9.17) is 23.7 Å². The Bertz CT molecular complexity index is 1940. The third-order valence-corrected chi connectivity index (χ3v) is 8.56. The maximum Gasteiger partial charge on any atom is 0.333 e. The van der Waals surface area contributed by atoms with E-state index in [0.717, 1.165) is 38.9 Å². The Kier molecular flexibility index (Phi) is 14.9.